The Kier molecular flexibility index (Phi) is 9.01. The average molecular weight is 556 g/mol. The van der Waals surface area contributed by atoms with E-state index in [1.54, 1.807) is 35.8 Å². The second kappa shape index (κ2) is 12.4. The van der Waals surface area contributed by atoms with E-state index in [1.807, 2.05) is 0 Å². The average Bonchev–Trinajstić information content (AvgIpc) is 3.28. The molecule has 0 unspecified atom stereocenters. The molecule has 1 N–H and O–H groups in total. The van der Waals surface area contributed by atoms with Gasteiger partial charge >= 0.3 is 11.9 Å². The number of aromatic nitrogens is 2. The van der Waals surface area contributed by atoms with Crippen molar-refractivity contribution in [2.24, 2.45) is 0 Å². The van der Waals surface area contributed by atoms with Gasteiger partial charge in [0.25, 0.3) is 5.56 Å². The summed E-state index contributed by atoms with van der Waals surface area (Å²) in [5.41, 5.74) is 1.49. The largest absolute Gasteiger partial charge is 0.462 e. The predicted octanol–water partition coefficient (Wildman–Crippen LogP) is 4.61. The number of hydrogen-bond acceptors (Lipinski definition) is 9. The van der Waals surface area contributed by atoms with Crippen molar-refractivity contribution >= 4 is 56.8 Å². The molecule has 38 heavy (non-hydrogen) atoms. The van der Waals surface area contributed by atoms with Gasteiger partial charge in [0, 0.05) is 17.1 Å². The van der Waals surface area contributed by atoms with Crippen molar-refractivity contribution in [2.75, 3.05) is 24.3 Å². The minimum Gasteiger partial charge on any atom is -0.462 e. The van der Waals surface area contributed by atoms with Crippen LogP contribution in [0.2, 0.25) is 0 Å². The highest BCUT2D eigenvalue weighted by atomic mass is 32.2. The molecule has 0 spiro atoms. The molecular weight excluding hydrogens is 526 g/mol. The lowest BCUT2D eigenvalue weighted by atomic mass is 9.97. The number of amides is 1. The second-order valence-corrected chi connectivity index (χ2v) is 10.6. The van der Waals surface area contributed by atoms with Gasteiger partial charge in [-0.1, -0.05) is 17.8 Å². The number of thiophene rings is 1. The van der Waals surface area contributed by atoms with Crippen LogP contribution in [0.1, 0.15) is 57.8 Å². The summed E-state index contributed by atoms with van der Waals surface area (Å²) in [4.78, 5) is 57.5. The fourth-order valence-corrected chi connectivity index (χ4v) is 6.42. The van der Waals surface area contributed by atoms with Gasteiger partial charge < -0.3 is 14.8 Å². The molecule has 2 aromatic heterocycles. The van der Waals surface area contributed by atoms with E-state index in [0.717, 1.165) is 43.0 Å². The SMILES string of the molecule is C=CCn1c(SCC(=O)Nc2cc(C(=O)OCC)cc(C(=O)OCC)c2)nc2sc3c(c2c1=O)CCCC3. The molecule has 0 fully saturated rings. The van der Waals surface area contributed by atoms with Crippen LogP contribution in [0.15, 0.2) is 40.8 Å². The van der Waals surface area contributed by atoms with Crippen LogP contribution in [0.5, 0.6) is 0 Å². The van der Waals surface area contributed by atoms with Crippen molar-refractivity contribution in [3.05, 3.63) is 62.8 Å². The Hall–Kier alpha value is -3.44. The van der Waals surface area contributed by atoms with Crippen molar-refractivity contribution < 1.29 is 23.9 Å². The maximum absolute atomic E-state index is 13.4. The number of carbonyl (C=O) groups is 3. The smallest absolute Gasteiger partial charge is 0.338 e. The summed E-state index contributed by atoms with van der Waals surface area (Å²) in [7, 11) is 0. The van der Waals surface area contributed by atoms with Crippen LogP contribution >= 0.6 is 23.1 Å². The molecule has 200 valence electrons. The molecule has 11 heteroatoms. The van der Waals surface area contributed by atoms with Crippen LogP contribution in [0.25, 0.3) is 10.2 Å². The quantitative estimate of drug-likeness (QED) is 0.167. The number of hydrogen-bond donors (Lipinski definition) is 1. The van der Waals surface area contributed by atoms with Crippen LogP contribution in [-0.2, 0) is 33.7 Å². The lowest BCUT2D eigenvalue weighted by molar-refractivity contribution is -0.113. The van der Waals surface area contributed by atoms with Gasteiger partial charge in [-0.2, -0.15) is 0 Å². The summed E-state index contributed by atoms with van der Waals surface area (Å²) >= 11 is 2.70. The van der Waals surface area contributed by atoms with Crippen molar-refractivity contribution in [3.8, 4) is 0 Å². The Morgan fingerprint density at radius 1 is 1.11 bits per heavy atom. The molecule has 1 aliphatic carbocycles. The number of fused-ring (bicyclic) bond motifs is 3. The molecule has 0 saturated heterocycles. The van der Waals surface area contributed by atoms with Gasteiger partial charge in [0.15, 0.2) is 5.16 Å². The molecule has 0 saturated carbocycles. The second-order valence-electron chi connectivity index (χ2n) is 8.57. The number of nitrogens with one attached hydrogen (secondary N) is 1. The normalized spacial score (nSPS) is 12.6. The van der Waals surface area contributed by atoms with E-state index < -0.39 is 17.8 Å². The molecule has 1 amide bonds. The fraction of sp³-hybridized carbons (Fsp3) is 0.370. The first kappa shape index (κ1) is 27.6. The highest BCUT2D eigenvalue weighted by Gasteiger charge is 2.22. The van der Waals surface area contributed by atoms with Gasteiger partial charge in [-0.15, -0.1) is 17.9 Å². The molecule has 9 nitrogen and oxygen atoms in total. The van der Waals surface area contributed by atoms with Crippen LogP contribution in [-0.4, -0.2) is 46.4 Å². The predicted molar refractivity (Wildman–Crippen MR) is 148 cm³/mol. The Morgan fingerprint density at radius 3 is 2.39 bits per heavy atom. The Bertz CT molecular complexity index is 1420. The van der Waals surface area contributed by atoms with E-state index >= 15 is 0 Å². The van der Waals surface area contributed by atoms with E-state index in [0.29, 0.717) is 15.4 Å². The Labute approximate surface area is 228 Å². The molecular formula is C27H29N3O6S2. The minimum absolute atomic E-state index is 0.0431. The summed E-state index contributed by atoms with van der Waals surface area (Å²) in [5, 5.41) is 3.84. The maximum atomic E-state index is 13.4. The summed E-state index contributed by atoms with van der Waals surface area (Å²) < 4.78 is 11.6. The monoisotopic (exact) mass is 555 g/mol. The van der Waals surface area contributed by atoms with Crippen molar-refractivity contribution in [1.82, 2.24) is 9.55 Å². The van der Waals surface area contributed by atoms with E-state index in [2.05, 4.69) is 11.9 Å². The third-order valence-corrected chi connectivity index (χ3v) is 8.08. The number of esters is 2. The topological polar surface area (TPSA) is 117 Å². The molecule has 2 heterocycles. The number of aryl methyl sites for hydroxylation is 2. The third kappa shape index (κ3) is 5.99. The number of nitrogens with zero attached hydrogens (tertiary/aromatic N) is 2. The molecule has 0 bridgehead atoms. The van der Waals surface area contributed by atoms with Crippen LogP contribution in [0, 0.1) is 0 Å². The Balaban J connectivity index is 1.57. The first-order valence-corrected chi connectivity index (χ1v) is 14.2. The number of rotatable bonds is 10. The molecule has 0 atom stereocenters. The number of anilines is 1. The highest BCUT2D eigenvalue weighted by Crippen LogP contribution is 2.34. The standard InChI is InChI=1S/C27H29N3O6S2/c1-4-11-30-24(32)22-19-9-7-8-10-20(19)38-23(22)29-27(30)37-15-21(31)28-18-13-16(25(33)35-5-2)12-17(14-18)26(34)36-6-3/h4,12-14H,1,5-11,15H2,2-3H3,(H,28,31). The van der Waals surface area contributed by atoms with E-state index in [-0.39, 0.29) is 47.9 Å². The van der Waals surface area contributed by atoms with Gasteiger partial charge in [-0.05, 0) is 63.3 Å². The zero-order valence-electron chi connectivity index (χ0n) is 21.3. The number of ether oxygens (including phenoxy) is 2. The number of allylic oxidation sites excluding steroid dienone is 1. The molecule has 1 aromatic carbocycles. The first-order valence-electron chi connectivity index (χ1n) is 12.4. The summed E-state index contributed by atoms with van der Waals surface area (Å²) in [6.07, 6.45) is 5.65. The van der Waals surface area contributed by atoms with Gasteiger partial charge in [0.05, 0.1) is 35.5 Å². The van der Waals surface area contributed by atoms with Gasteiger partial charge in [0.2, 0.25) is 5.91 Å². The molecule has 4 rings (SSSR count). The molecule has 0 aliphatic heterocycles. The summed E-state index contributed by atoms with van der Waals surface area (Å²) in [6.45, 7) is 7.73. The van der Waals surface area contributed by atoms with Gasteiger partial charge in [-0.25, -0.2) is 14.6 Å². The van der Waals surface area contributed by atoms with Gasteiger partial charge in [-0.3, -0.25) is 14.2 Å². The third-order valence-electron chi connectivity index (χ3n) is 5.92. The minimum atomic E-state index is -0.617. The maximum Gasteiger partial charge on any atom is 0.338 e. The lowest BCUT2D eigenvalue weighted by Crippen LogP contribution is -2.24. The zero-order chi connectivity index (χ0) is 27.2. The lowest BCUT2D eigenvalue weighted by Gasteiger charge is -2.13. The van der Waals surface area contributed by atoms with Crippen LogP contribution < -0.4 is 10.9 Å². The van der Waals surface area contributed by atoms with E-state index in [4.69, 9.17) is 14.5 Å². The first-order chi connectivity index (χ1) is 18.4. The number of thioether (sulfide) groups is 1. The van der Waals surface area contributed by atoms with Crippen molar-refractivity contribution in [1.29, 1.82) is 0 Å². The van der Waals surface area contributed by atoms with Crippen molar-refractivity contribution in [3.63, 3.8) is 0 Å². The molecule has 3 aromatic rings. The molecule has 1 aliphatic rings. The highest BCUT2D eigenvalue weighted by molar-refractivity contribution is 7.99. The summed E-state index contributed by atoms with van der Waals surface area (Å²) in [6, 6.07) is 4.25. The van der Waals surface area contributed by atoms with Crippen molar-refractivity contribution in [2.45, 2.75) is 51.2 Å². The van der Waals surface area contributed by atoms with E-state index in [9.17, 15) is 19.2 Å². The van der Waals surface area contributed by atoms with Gasteiger partial charge in [0.1, 0.15) is 4.83 Å². The van der Waals surface area contributed by atoms with Crippen LogP contribution in [0.4, 0.5) is 5.69 Å². The summed E-state index contributed by atoms with van der Waals surface area (Å²) in [5.74, 6) is -1.67. The number of benzene rings is 1. The zero-order valence-corrected chi connectivity index (χ0v) is 23.0. The molecule has 0 radical (unpaired) electrons. The Morgan fingerprint density at radius 2 is 1.76 bits per heavy atom. The fourth-order valence-electron chi connectivity index (χ4n) is 4.31. The number of carbonyl (C=O) groups excluding carboxylic acids is 3. The van der Waals surface area contributed by atoms with Crippen LogP contribution in [0.3, 0.4) is 0 Å². The van der Waals surface area contributed by atoms with E-state index in [1.165, 1.54) is 23.1 Å².